The van der Waals surface area contributed by atoms with Crippen LogP contribution in [0.25, 0.3) is 0 Å². The van der Waals surface area contributed by atoms with Crippen molar-refractivity contribution in [2.24, 2.45) is 0 Å². The van der Waals surface area contributed by atoms with Crippen LogP contribution in [0.1, 0.15) is 6.92 Å². The normalized spacial score (nSPS) is 10.8. The van der Waals surface area contributed by atoms with E-state index < -0.39 is 10.0 Å². The Balaban J connectivity index is 2.19. The van der Waals surface area contributed by atoms with Gasteiger partial charge in [0.15, 0.2) is 0 Å². The molecule has 0 aromatic heterocycles. The van der Waals surface area contributed by atoms with Crippen molar-refractivity contribution in [1.29, 1.82) is 0 Å². The Morgan fingerprint density at radius 2 is 1.60 bits per heavy atom. The van der Waals surface area contributed by atoms with Crippen molar-refractivity contribution < 1.29 is 13.2 Å². The summed E-state index contributed by atoms with van der Waals surface area (Å²) in [6.07, 6.45) is 0. The Hall–Kier alpha value is -2.34. The fourth-order valence-electron chi connectivity index (χ4n) is 1.59. The Bertz CT molecular complexity index is 695. The molecule has 0 aliphatic carbocycles. The summed E-state index contributed by atoms with van der Waals surface area (Å²) in [5.41, 5.74) is 1.01. The maximum Gasteiger partial charge on any atom is 0.261 e. The Morgan fingerprint density at radius 1 is 1.00 bits per heavy atom. The third-order valence-corrected chi connectivity index (χ3v) is 3.85. The lowest BCUT2D eigenvalue weighted by Gasteiger charge is -2.08. The Morgan fingerprint density at radius 3 is 2.15 bits per heavy atom. The highest BCUT2D eigenvalue weighted by Crippen LogP contribution is 2.17. The van der Waals surface area contributed by atoms with E-state index >= 15 is 0 Å². The van der Waals surface area contributed by atoms with Crippen molar-refractivity contribution in [2.45, 2.75) is 11.8 Å². The molecule has 0 aliphatic heterocycles. The van der Waals surface area contributed by atoms with Crippen LogP contribution in [0, 0.1) is 6.07 Å². The molecule has 0 unspecified atom stereocenters. The molecule has 0 fully saturated rings. The molecule has 2 aromatic carbocycles. The van der Waals surface area contributed by atoms with Gasteiger partial charge >= 0.3 is 0 Å². The highest BCUT2D eigenvalue weighted by molar-refractivity contribution is 7.92. The molecule has 0 heterocycles. The maximum atomic E-state index is 12.1. The first-order valence-electron chi connectivity index (χ1n) is 5.84. The summed E-state index contributed by atoms with van der Waals surface area (Å²) in [5.74, 6) is -0.209. The third-order valence-electron chi connectivity index (χ3n) is 2.46. The monoisotopic (exact) mass is 289 g/mol. The largest absolute Gasteiger partial charge is 0.326 e. The van der Waals surface area contributed by atoms with Crippen LogP contribution in [0.5, 0.6) is 0 Å². The van der Waals surface area contributed by atoms with Crippen LogP contribution in [0.2, 0.25) is 0 Å². The summed E-state index contributed by atoms with van der Waals surface area (Å²) < 4.78 is 26.7. The van der Waals surface area contributed by atoms with E-state index in [1.165, 1.54) is 31.2 Å². The number of benzene rings is 2. The smallest absolute Gasteiger partial charge is 0.261 e. The second kappa shape index (κ2) is 5.75. The molecule has 0 aliphatic rings. The van der Waals surface area contributed by atoms with Crippen LogP contribution in [-0.2, 0) is 14.8 Å². The van der Waals surface area contributed by atoms with E-state index in [1.54, 1.807) is 24.3 Å². The van der Waals surface area contributed by atoms with Crippen molar-refractivity contribution in [3.05, 3.63) is 54.6 Å². The SMILES string of the molecule is CC(=O)Nc1ccc(S(=O)(=O)Nc2cc[c]cc2)cc1. The lowest BCUT2D eigenvalue weighted by atomic mass is 10.3. The van der Waals surface area contributed by atoms with Gasteiger partial charge in [-0.3, -0.25) is 9.52 Å². The lowest BCUT2D eigenvalue weighted by molar-refractivity contribution is -0.114. The second-order valence-electron chi connectivity index (χ2n) is 4.10. The molecule has 1 radical (unpaired) electrons. The molecule has 20 heavy (non-hydrogen) atoms. The zero-order valence-corrected chi connectivity index (χ0v) is 11.6. The number of anilines is 2. The van der Waals surface area contributed by atoms with Gasteiger partial charge in [0.1, 0.15) is 0 Å². The van der Waals surface area contributed by atoms with E-state index in [-0.39, 0.29) is 10.8 Å². The molecule has 6 heteroatoms. The third kappa shape index (κ3) is 3.58. The van der Waals surface area contributed by atoms with Crippen molar-refractivity contribution in [2.75, 3.05) is 10.0 Å². The standard InChI is InChI=1S/C14H13N2O3S/c1-11(17)15-12-7-9-14(10-8-12)20(18,19)16-13-5-3-2-4-6-13/h3-10,16H,1H3,(H,15,17). The number of hydrogen-bond donors (Lipinski definition) is 2. The van der Waals surface area contributed by atoms with Crippen molar-refractivity contribution in [1.82, 2.24) is 0 Å². The number of hydrogen-bond acceptors (Lipinski definition) is 3. The first-order chi connectivity index (χ1) is 9.47. The van der Waals surface area contributed by atoms with E-state index in [4.69, 9.17) is 0 Å². The highest BCUT2D eigenvalue weighted by Gasteiger charge is 2.13. The van der Waals surface area contributed by atoms with Gasteiger partial charge in [-0.2, -0.15) is 0 Å². The predicted octanol–water partition coefficient (Wildman–Crippen LogP) is 2.25. The maximum absolute atomic E-state index is 12.1. The first kappa shape index (κ1) is 14.1. The molecule has 0 saturated heterocycles. The molecule has 1 amide bonds. The number of nitrogens with one attached hydrogen (secondary N) is 2. The Kier molecular flexibility index (Phi) is 4.05. The van der Waals surface area contributed by atoms with Crippen molar-refractivity contribution in [3.63, 3.8) is 0 Å². The summed E-state index contributed by atoms with van der Waals surface area (Å²) in [6, 6.07) is 15.2. The van der Waals surface area contributed by atoms with E-state index in [0.29, 0.717) is 11.4 Å². The van der Waals surface area contributed by atoms with Gasteiger partial charge in [0.05, 0.1) is 4.90 Å². The van der Waals surface area contributed by atoms with E-state index in [9.17, 15) is 13.2 Å². The molecular formula is C14H13N2O3S. The molecule has 2 N–H and O–H groups in total. The molecule has 0 spiro atoms. The first-order valence-corrected chi connectivity index (χ1v) is 7.32. The van der Waals surface area contributed by atoms with E-state index in [2.05, 4.69) is 16.1 Å². The van der Waals surface area contributed by atoms with Crippen LogP contribution < -0.4 is 10.0 Å². The molecule has 103 valence electrons. The van der Waals surface area contributed by atoms with Crippen LogP contribution in [-0.4, -0.2) is 14.3 Å². The zero-order chi connectivity index (χ0) is 14.6. The molecular weight excluding hydrogens is 276 g/mol. The number of carbonyl (C=O) groups excluding carboxylic acids is 1. The Labute approximate surface area is 117 Å². The number of carbonyl (C=O) groups is 1. The van der Waals surface area contributed by atoms with Crippen molar-refractivity contribution >= 4 is 27.3 Å². The number of sulfonamides is 1. The predicted molar refractivity (Wildman–Crippen MR) is 76.8 cm³/mol. The van der Waals surface area contributed by atoms with Crippen LogP contribution in [0.15, 0.2) is 53.4 Å². The molecule has 0 saturated carbocycles. The average Bonchev–Trinajstić information content (AvgIpc) is 2.39. The quantitative estimate of drug-likeness (QED) is 0.906. The van der Waals surface area contributed by atoms with Crippen LogP contribution >= 0.6 is 0 Å². The summed E-state index contributed by atoms with van der Waals surface area (Å²) >= 11 is 0. The highest BCUT2D eigenvalue weighted by atomic mass is 32.2. The summed E-state index contributed by atoms with van der Waals surface area (Å²) in [4.78, 5) is 11.0. The molecule has 0 bridgehead atoms. The topological polar surface area (TPSA) is 75.3 Å². The number of amides is 1. The van der Waals surface area contributed by atoms with Gasteiger partial charge in [0, 0.05) is 18.3 Å². The minimum absolute atomic E-state index is 0.124. The zero-order valence-electron chi connectivity index (χ0n) is 10.8. The van der Waals surface area contributed by atoms with Crippen molar-refractivity contribution in [3.8, 4) is 0 Å². The van der Waals surface area contributed by atoms with E-state index in [0.717, 1.165) is 0 Å². The molecule has 5 nitrogen and oxygen atoms in total. The van der Waals surface area contributed by atoms with Gasteiger partial charge in [-0.1, -0.05) is 12.1 Å². The minimum Gasteiger partial charge on any atom is -0.326 e. The van der Waals surface area contributed by atoms with Crippen LogP contribution in [0.4, 0.5) is 11.4 Å². The summed E-state index contributed by atoms with van der Waals surface area (Å²) in [6.45, 7) is 1.39. The van der Waals surface area contributed by atoms with E-state index in [1.807, 2.05) is 0 Å². The van der Waals surface area contributed by atoms with Crippen LogP contribution in [0.3, 0.4) is 0 Å². The summed E-state index contributed by atoms with van der Waals surface area (Å²) in [5, 5.41) is 2.57. The van der Waals surface area contributed by atoms with Gasteiger partial charge < -0.3 is 5.32 Å². The molecule has 2 rings (SSSR count). The number of rotatable bonds is 4. The van der Waals surface area contributed by atoms with Gasteiger partial charge in [0.25, 0.3) is 10.0 Å². The average molecular weight is 289 g/mol. The fourth-order valence-corrected chi connectivity index (χ4v) is 2.65. The summed E-state index contributed by atoms with van der Waals surface area (Å²) in [7, 11) is -3.64. The van der Waals surface area contributed by atoms with Gasteiger partial charge in [-0.25, -0.2) is 8.42 Å². The minimum atomic E-state index is -3.64. The lowest BCUT2D eigenvalue weighted by Crippen LogP contribution is -2.13. The second-order valence-corrected chi connectivity index (χ2v) is 5.78. The van der Waals surface area contributed by atoms with Gasteiger partial charge in [-0.15, -0.1) is 0 Å². The molecule has 0 atom stereocenters. The molecule has 2 aromatic rings. The fraction of sp³-hybridized carbons (Fsp3) is 0.0714. The van der Waals surface area contributed by atoms with Gasteiger partial charge in [-0.05, 0) is 42.5 Å². The van der Waals surface area contributed by atoms with Gasteiger partial charge in [0.2, 0.25) is 5.91 Å².